The summed E-state index contributed by atoms with van der Waals surface area (Å²) in [6.45, 7) is 2.78. The van der Waals surface area contributed by atoms with E-state index in [9.17, 15) is 4.79 Å². The van der Waals surface area contributed by atoms with Crippen LogP contribution in [0, 0.1) is 0 Å². The zero-order chi connectivity index (χ0) is 10.7. The SMILES string of the molecule is Cl.O=C1CNCCN1Cc1ccc(Cl)cc1. The Labute approximate surface area is 106 Å². The Balaban J connectivity index is 0.00000128. The van der Waals surface area contributed by atoms with Crippen LogP contribution in [0.1, 0.15) is 5.56 Å². The van der Waals surface area contributed by atoms with Gasteiger partial charge in [0.25, 0.3) is 0 Å². The average Bonchev–Trinajstić information content (AvgIpc) is 2.25. The summed E-state index contributed by atoms with van der Waals surface area (Å²) in [4.78, 5) is 13.4. The van der Waals surface area contributed by atoms with Gasteiger partial charge in [-0.1, -0.05) is 23.7 Å². The maximum atomic E-state index is 11.5. The highest BCUT2D eigenvalue weighted by Gasteiger charge is 2.17. The molecule has 5 heteroatoms. The van der Waals surface area contributed by atoms with Gasteiger partial charge in [-0.25, -0.2) is 0 Å². The van der Waals surface area contributed by atoms with Gasteiger partial charge in [0, 0.05) is 24.7 Å². The lowest BCUT2D eigenvalue weighted by molar-refractivity contribution is -0.132. The number of benzene rings is 1. The molecule has 1 aliphatic heterocycles. The molecular weight excluding hydrogens is 247 g/mol. The fourth-order valence-electron chi connectivity index (χ4n) is 1.62. The summed E-state index contributed by atoms with van der Waals surface area (Å²) in [5.41, 5.74) is 1.12. The van der Waals surface area contributed by atoms with Crippen LogP contribution in [0.2, 0.25) is 5.02 Å². The summed E-state index contributed by atoms with van der Waals surface area (Å²) < 4.78 is 0. The molecule has 1 aliphatic rings. The molecule has 1 saturated heterocycles. The van der Waals surface area contributed by atoms with E-state index in [4.69, 9.17) is 11.6 Å². The summed E-state index contributed by atoms with van der Waals surface area (Å²) in [6.07, 6.45) is 0. The molecule has 1 amide bonds. The van der Waals surface area contributed by atoms with Crippen molar-refractivity contribution in [2.75, 3.05) is 19.6 Å². The molecule has 1 aromatic carbocycles. The van der Waals surface area contributed by atoms with E-state index in [-0.39, 0.29) is 18.3 Å². The number of amides is 1. The Hall–Kier alpha value is -0.770. The molecule has 2 rings (SSSR count). The first kappa shape index (κ1) is 13.3. The summed E-state index contributed by atoms with van der Waals surface area (Å²) in [7, 11) is 0. The lowest BCUT2D eigenvalue weighted by Gasteiger charge is -2.27. The van der Waals surface area contributed by atoms with Crippen molar-refractivity contribution in [3.63, 3.8) is 0 Å². The van der Waals surface area contributed by atoms with Gasteiger partial charge in [0.05, 0.1) is 6.54 Å². The first-order valence-electron chi connectivity index (χ1n) is 4.98. The Morgan fingerprint density at radius 2 is 2.00 bits per heavy atom. The third kappa shape index (κ3) is 3.37. The number of carbonyl (C=O) groups excluding carboxylic acids is 1. The molecule has 16 heavy (non-hydrogen) atoms. The number of hydrogen-bond acceptors (Lipinski definition) is 2. The monoisotopic (exact) mass is 260 g/mol. The van der Waals surface area contributed by atoms with Gasteiger partial charge in [-0.15, -0.1) is 12.4 Å². The zero-order valence-corrected chi connectivity index (χ0v) is 10.4. The topological polar surface area (TPSA) is 32.3 Å². The van der Waals surface area contributed by atoms with Crippen molar-refractivity contribution in [1.82, 2.24) is 10.2 Å². The van der Waals surface area contributed by atoms with Gasteiger partial charge < -0.3 is 10.2 Å². The Kier molecular flexibility index (Phi) is 5.06. The van der Waals surface area contributed by atoms with Crippen LogP contribution in [-0.2, 0) is 11.3 Å². The molecule has 0 unspecified atom stereocenters. The van der Waals surface area contributed by atoms with E-state index in [0.717, 1.165) is 23.7 Å². The van der Waals surface area contributed by atoms with Crippen molar-refractivity contribution in [2.45, 2.75) is 6.54 Å². The van der Waals surface area contributed by atoms with Crippen molar-refractivity contribution >= 4 is 29.9 Å². The number of hydrogen-bond donors (Lipinski definition) is 1. The molecule has 0 saturated carbocycles. The molecule has 1 aromatic rings. The molecule has 1 N–H and O–H groups in total. The Morgan fingerprint density at radius 3 is 2.62 bits per heavy atom. The second-order valence-electron chi connectivity index (χ2n) is 3.62. The predicted molar refractivity (Wildman–Crippen MR) is 67.0 cm³/mol. The minimum atomic E-state index is 0. The minimum Gasteiger partial charge on any atom is -0.336 e. The standard InChI is InChI=1S/C11H13ClN2O.ClH/c12-10-3-1-9(2-4-10)8-14-6-5-13-7-11(14)15;/h1-4,13H,5-8H2;1H. The van der Waals surface area contributed by atoms with Crippen LogP contribution in [0.3, 0.4) is 0 Å². The maximum Gasteiger partial charge on any atom is 0.236 e. The molecule has 0 bridgehead atoms. The molecule has 0 atom stereocenters. The highest BCUT2D eigenvalue weighted by molar-refractivity contribution is 6.30. The van der Waals surface area contributed by atoms with E-state index in [1.54, 1.807) is 0 Å². The van der Waals surface area contributed by atoms with Crippen molar-refractivity contribution in [1.29, 1.82) is 0 Å². The van der Waals surface area contributed by atoms with Crippen molar-refractivity contribution in [3.8, 4) is 0 Å². The molecule has 0 aliphatic carbocycles. The van der Waals surface area contributed by atoms with Crippen LogP contribution in [0.15, 0.2) is 24.3 Å². The van der Waals surface area contributed by atoms with Crippen molar-refractivity contribution in [2.24, 2.45) is 0 Å². The summed E-state index contributed by atoms with van der Waals surface area (Å²) in [6, 6.07) is 7.61. The third-order valence-electron chi connectivity index (χ3n) is 2.47. The lowest BCUT2D eigenvalue weighted by Crippen LogP contribution is -2.47. The highest BCUT2D eigenvalue weighted by atomic mass is 35.5. The molecular formula is C11H14Cl2N2O. The first-order chi connectivity index (χ1) is 7.25. The number of carbonyl (C=O) groups is 1. The predicted octanol–water partition coefficient (Wildman–Crippen LogP) is 1.69. The fraction of sp³-hybridized carbons (Fsp3) is 0.364. The largest absolute Gasteiger partial charge is 0.336 e. The van der Waals surface area contributed by atoms with Gasteiger partial charge in [-0.2, -0.15) is 0 Å². The smallest absolute Gasteiger partial charge is 0.236 e. The molecule has 0 aromatic heterocycles. The second-order valence-corrected chi connectivity index (χ2v) is 4.05. The average molecular weight is 261 g/mol. The highest BCUT2D eigenvalue weighted by Crippen LogP contribution is 2.11. The van der Waals surface area contributed by atoms with E-state index in [1.165, 1.54) is 0 Å². The maximum absolute atomic E-state index is 11.5. The minimum absolute atomic E-state index is 0. The summed E-state index contributed by atoms with van der Waals surface area (Å²) in [5.74, 6) is 0.163. The van der Waals surface area contributed by atoms with Gasteiger partial charge in [0.15, 0.2) is 0 Å². The van der Waals surface area contributed by atoms with Crippen LogP contribution in [-0.4, -0.2) is 30.4 Å². The third-order valence-corrected chi connectivity index (χ3v) is 2.73. The summed E-state index contributed by atoms with van der Waals surface area (Å²) >= 11 is 5.79. The van der Waals surface area contributed by atoms with Crippen LogP contribution in [0.4, 0.5) is 0 Å². The number of nitrogens with zero attached hydrogens (tertiary/aromatic N) is 1. The molecule has 0 spiro atoms. The quantitative estimate of drug-likeness (QED) is 0.878. The van der Waals surface area contributed by atoms with Gasteiger partial charge in [-0.3, -0.25) is 4.79 Å². The van der Waals surface area contributed by atoms with E-state index in [1.807, 2.05) is 29.2 Å². The Morgan fingerprint density at radius 1 is 1.31 bits per heavy atom. The van der Waals surface area contributed by atoms with E-state index in [2.05, 4.69) is 5.32 Å². The molecule has 0 radical (unpaired) electrons. The molecule has 1 fully saturated rings. The zero-order valence-electron chi connectivity index (χ0n) is 8.78. The number of nitrogens with one attached hydrogen (secondary N) is 1. The Bertz CT molecular complexity index is 354. The van der Waals surface area contributed by atoms with E-state index in [0.29, 0.717) is 13.1 Å². The van der Waals surface area contributed by atoms with Crippen molar-refractivity contribution in [3.05, 3.63) is 34.9 Å². The van der Waals surface area contributed by atoms with Crippen LogP contribution < -0.4 is 5.32 Å². The fourth-order valence-corrected chi connectivity index (χ4v) is 1.75. The molecule has 3 nitrogen and oxygen atoms in total. The van der Waals surface area contributed by atoms with Gasteiger partial charge in [0.1, 0.15) is 0 Å². The molecule has 88 valence electrons. The van der Waals surface area contributed by atoms with Gasteiger partial charge >= 0.3 is 0 Å². The van der Waals surface area contributed by atoms with Gasteiger partial charge in [-0.05, 0) is 17.7 Å². The van der Waals surface area contributed by atoms with Gasteiger partial charge in [0.2, 0.25) is 5.91 Å². The lowest BCUT2D eigenvalue weighted by atomic mass is 10.2. The summed E-state index contributed by atoms with van der Waals surface area (Å²) in [5, 5.41) is 3.77. The van der Waals surface area contributed by atoms with Crippen LogP contribution >= 0.6 is 24.0 Å². The number of halogens is 2. The van der Waals surface area contributed by atoms with Crippen LogP contribution in [0.25, 0.3) is 0 Å². The van der Waals surface area contributed by atoms with Crippen LogP contribution in [0.5, 0.6) is 0 Å². The van der Waals surface area contributed by atoms with E-state index < -0.39 is 0 Å². The van der Waals surface area contributed by atoms with E-state index >= 15 is 0 Å². The normalized spacial score (nSPS) is 15.8. The number of rotatable bonds is 2. The number of piperazine rings is 1. The molecule has 1 heterocycles. The van der Waals surface area contributed by atoms with Crippen molar-refractivity contribution < 1.29 is 4.79 Å². The second kappa shape index (κ2) is 6.09. The first-order valence-corrected chi connectivity index (χ1v) is 5.36.